The lowest BCUT2D eigenvalue weighted by atomic mass is 10.2. The maximum atomic E-state index is 5.50. The quantitative estimate of drug-likeness (QED) is 0.749. The van der Waals surface area contributed by atoms with Gasteiger partial charge in [-0.2, -0.15) is 4.98 Å². The first-order valence-electron chi connectivity index (χ1n) is 4.95. The lowest BCUT2D eigenvalue weighted by Gasteiger charge is -2.10. The Morgan fingerprint density at radius 1 is 1.50 bits per heavy atom. The predicted molar refractivity (Wildman–Crippen MR) is 51.5 cm³/mol. The van der Waals surface area contributed by atoms with Crippen molar-refractivity contribution in [1.29, 1.82) is 0 Å². The molecule has 1 atom stereocenters. The fourth-order valence-electron chi connectivity index (χ4n) is 1.23. The van der Waals surface area contributed by atoms with E-state index in [9.17, 15) is 0 Å². The smallest absolute Gasteiger partial charge is 0.240 e. The van der Waals surface area contributed by atoms with E-state index in [0.29, 0.717) is 18.3 Å². The molecule has 0 aliphatic heterocycles. The summed E-state index contributed by atoms with van der Waals surface area (Å²) < 4.78 is 10.4. The molecule has 1 heterocycles. The summed E-state index contributed by atoms with van der Waals surface area (Å²) >= 11 is 0. The van der Waals surface area contributed by atoms with E-state index in [1.54, 1.807) is 0 Å². The summed E-state index contributed by atoms with van der Waals surface area (Å²) in [7, 11) is 0. The van der Waals surface area contributed by atoms with E-state index in [4.69, 9.17) is 15.0 Å². The molecule has 0 bridgehead atoms. The van der Waals surface area contributed by atoms with E-state index in [1.165, 1.54) is 0 Å². The Morgan fingerprint density at radius 2 is 2.29 bits per heavy atom. The van der Waals surface area contributed by atoms with E-state index >= 15 is 0 Å². The second-order valence-electron chi connectivity index (χ2n) is 2.98. The van der Waals surface area contributed by atoms with Gasteiger partial charge in [0.15, 0.2) is 0 Å². The molecule has 1 unspecified atom stereocenters. The first kappa shape index (κ1) is 11.1. The maximum Gasteiger partial charge on any atom is 0.240 e. The zero-order chi connectivity index (χ0) is 10.4. The largest absolute Gasteiger partial charge is 0.370 e. The number of rotatable bonds is 6. The van der Waals surface area contributed by atoms with E-state index in [0.717, 1.165) is 12.8 Å². The normalized spacial score (nSPS) is 13.1. The zero-order valence-electron chi connectivity index (χ0n) is 8.69. The standard InChI is InChI=1S/C9H17N3O2/c1-3-5-7(13-4-2)9-11-8(6-10)14-12-9/h7H,3-6,10H2,1-2H3. The number of hydrogen-bond donors (Lipinski definition) is 1. The van der Waals surface area contributed by atoms with Crippen LogP contribution in [0.5, 0.6) is 0 Å². The minimum Gasteiger partial charge on any atom is -0.370 e. The third kappa shape index (κ3) is 2.78. The summed E-state index contributed by atoms with van der Waals surface area (Å²) in [6, 6.07) is 0. The van der Waals surface area contributed by atoms with Crippen molar-refractivity contribution in [2.75, 3.05) is 6.61 Å². The maximum absolute atomic E-state index is 5.50. The Kier molecular flexibility index (Phi) is 4.55. The van der Waals surface area contributed by atoms with Crippen molar-refractivity contribution in [2.24, 2.45) is 5.73 Å². The van der Waals surface area contributed by atoms with Gasteiger partial charge < -0.3 is 15.0 Å². The molecule has 0 fully saturated rings. The van der Waals surface area contributed by atoms with Crippen LogP contribution in [0.15, 0.2) is 4.52 Å². The average Bonchev–Trinajstić information content (AvgIpc) is 2.65. The third-order valence-electron chi connectivity index (χ3n) is 1.87. The highest BCUT2D eigenvalue weighted by molar-refractivity contribution is 4.90. The second kappa shape index (κ2) is 5.72. The summed E-state index contributed by atoms with van der Waals surface area (Å²) in [6.45, 7) is 4.97. The van der Waals surface area contributed by atoms with E-state index in [2.05, 4.69) is 17.1 Å². The molecule has 80 valence electrons. The van der Waals surface area contributed by atoms with Crippen LogP contribution < -0.4 is 5.73 Å². The van der Waals surface area contributed by atoms with Crippen molar-refractivity contribution in [2.45, 2.75) is 39.3 Å². The van der Waals surface area contributed by atoms with Crippen LogP contribution in [0, 0.1) is 0 Å². The van der Waals surface area contributed by atoms with Crippen molar-refractivity contribution in [3.8, 4) is 0 Å². The second-order valence-corrected chi connectivity index (χ2v) is 2.98. The molecular weight excluding hydrogens is 182 g/mol. The molecule has 0 saturated carbocycles. The molecule has 14 heavy (non-hydrogen) atoms. The molecule has 0 spiro atoms. The van der Waals surface area contributed by atoms with Crippen molar-refractivity contribution in [3.05, 3.63) is 11.7 Å². The first-order chi connectivity index (χ1) is 6.81. The van der Waals surface area contributed by atoms with Gasteiger partial charge in [-0.05, 0) is 13.3 Å². The van der Waals surface area contributed by atoms with Crippen LogP contribution >= 0.6 is 0 Å². The van der Waals surface area contributed by atoms with E-state index in [-0.39, 0.29) is 12.6 Å². The van der Waals surface area contributed by atoms with Gasteiger partial charge in [-0.1, -0.05) is 18.5 Å². The van der Waals surface area contributed by atoms with Crippen molar-refractivity contribution in [3.63, 3.8) is 0 Å². The molecular formula is C9H17N3O2. The monoisotopic (exact) mass is 199 g/mol. The Bertz CT molecular complexity index is 256. The van der Waals surface area contributed by atoms with Gasteiger partial charge in [0, 0.05) is 6.61 Å². The molecule has 1 aromatic heterocycles. The minimum absolute atomic E-state index is 0.0611. The molecule has 0 amide bonds. The summed E-state index contributed by atoms with van der Waals surface area (Å²) in [5, 5.41) is 3.83. The van der Waals surface area contributed by atoms with Gasteiger partial charge in [-0.3, -0.25) is 0 Å². The lowest BCUT2D eigenvalue weighted by Crippen LogP contribution is -2.06. The Balaban J connectivity index is 2.65. The highest BCUT2D eigenvalue weighted by Crippen LogP contribution is 2.19. The lowest BCUT2D eigenvalue weighted by molar-refractivity contribution is 0.0478. The zero-order valence-corrected chi connectivity index (χ0v) is 8.69. The summed E-state index contributed by atoms with van der Waals surface area (Å²) in [5.74, 6) is 1.06. The summed E-state index contributed by atoms with van der Waals surface area (Å²) in [6.07, 6.45) is 1.86. The van der Waals surface area contributed by atoms with Gasteiger partial charge >= 0.3 is 0 Å². The van der Waals surface area contributed by atoms with Crippen molar-refractivity contribution < 1.29 is 9.26 Å². The molecule has 5 heteroatoms. The average molecular weight is 199 g/mol. The molecule has 0 aromatic carbocycles. The Hall–Kier alpha value is -0.940. The van der Waals surface area contributed by atoms with Crippen LogP contribution in [0.2, 0.25) is 0 Å². The summed E-state index contributed by atoms with van der Waals surface area (Å²) in [5.41, 5.74) is 5.37. The number of aromatic nitrogens is 2. The van der Waals surface area contributed by atoms with Crippen LogP contribution in [-0.4, -0.2) is 16.7 Å². The summed E-state index contributed by atoms with van der Waals surface area (Å²) in [4.78, 5) is 4.14. The SMILES string of the molecule is CCCC(OCC)c1noc(CN)n1. The topological polar surface area (TPSA) is 74.2 Å². The number of hydrogen-bond acceptors (Lipinski definition) is 5. The van der Waals surface area contributed by atoms with E-state index < -0.39 is 0 Å². The molecule has 0 aliphatic rings. The predicted octanol–water partition coefficient (Wildman–Crippen LogP) is 1.41. The minimum atomic E-state index is -0.0611. The van der Waals surface area contributed by atoms with E-state index in [1.807, 2.05) is 6.92 Å². The number of ether oxygens (including phenoxy) is 1. The fraction of sp³-hybridized carbons (Fsp3) is 0.778. The van der Waals surface area contributed by atoms with Crippen LogP contribution in [0.3, 0.4) is 0 Å². The molecule has 0 saturated heterocycles. The van der Waals surface area contributed by atoms with Gasteiger partial charge in [-0.15, -0.1) is 0 Å². The van der Waals surface area contributed by atoms with Gasteiger partial charge in [0.2, 0.25) is 11.7 Å². The molecule has 0 radical (unpaired) electrons. The Labute approximate surface area is 83.6 Å². The van der Waals surface area contributed by atoms with Gasteiger partial charge in [-0.25, -0.2) is 0 Å². The number of nitrogens with two attached hydrogens (primary N) is 1. The number of nitrogens with zero attached hydrogens (tertiary/aromatic N) is 2. The van der Waals surface area contributed by atoms with Crippen molar-refractivity contribution in [1.82, 2.24) is 10.1 Å². The van der Waals surface area contributed by atoms with Gasteiger partial charge in [0.1, 0.15) is 6.10 Å². The highest BCUT2D eigenvalue weighted by atomic mass is 16.5. The molecule has 1 aromatic rings. The molecule has 2 N–H and O–H groups in total. The van der Waals surface area contributed by atoms with Gasteiger partial charge in [0.05, 0.1) is 6.54 Å². The van der Waals surface area contributed by atoms with Crippen LogP contribution in [0.4, 0.5) is 0 Å². The molecule has 5 nitrogen and oxygen atoms in total. The highest BCUT2D eigenvalue weighted by Gasteiger charge is 2.16. The molecule has 1 rings (SSSR count). The van der Waals surface area contributed by atoms with Gasteiger partial charge in [0.25, 0.3) is 0 Å². The van der Waals surface area contributed by atoms with Crippen LogP contribution in [-0.2, 0) is 11.3 Å². The first-order valence-corrected chi connectivity index (χ1v) is 4.95. The van der Waals surface area contributed by atoms with Crippen molar-refractivity contribution >= 4 is 0 Å². The van der Waals surface area contributed by atoms with Crippen LogP contribution in [0.25, 0.3) is 0 Å². The van der Waals surface area contributed by atoms with Crippen LogP contribution in [0.1, 0.15) is 44.5 Å². The fourth-order valence-corrected chi connectivity index (χ4v) is 1.23. The Morgan fingerprint density at radius 3 is 2.79 bits per heavy atom. The third-order valence-corrected chi connectivity index (χ3v) is 1.87. The molecule has 0 aliphatic carbocycles.